The summed E-state index contributed by atoms with van der Waals surface area (Å²) in [5.41, 5.74) is 0.478. The molecular weight excluding hydrogens is 483 g/mol. The number of hydrogen-bond acceptors (Lipinski definition) is 3. The Morgan fingerprint density at radius 2 is 1.89 bits per heavy atom. The van der Waals surface area contributed by atoms with Crippen molar-refractivity contribution in [3.05, 3.63) is 58.8 Å². The number of carbonyl (C=O) groups is 3. The molecule has 0 spiro atoms. The van der Waals surface area contributed by atoms with E-state index in [-0.39, 0.29) is 61.6 Å². The summed E-state index contributed by atoms with van der Waals surface area (Å²) in [6.45, 7) is 0. The number of rotatable bonds is 6. The molecule has 1 saturated carbocycles. The molecule has 2 N–H and O–H groups in total. The number of nitrogens with one attached hydrogen (secondary N) is 2. The van der Waals surface area contributed by atoms with Crippen LogP contribution in [0.1, 0.15) is 56.6 Å². The molecule has 1 aromatic rings. The monoisotopic (exact) mass is 509 g/mol. The van der Waals surface area contributed by atoms with Crippen molar-refractivity contribution in [3.63, 3.8) is 0 Å². The molecule has 6 nitrogen and oxygen atoms in total. The molecule has 3 atom stereocenters. The highest BCUT2D eigenvalue weighted by atomic mass is 35.5. The zero-order valence-electron chi connectivity index (χ0n) is 19.0. The van der Waals surface area contributed by atoms with Gasteiger partial charge in [-0.15, -0.1) is 0 Å². The molecule has 2 aliphatic carbocycles. The van der Waals surface area contributed by atoms with Crippen LogP contribution in [0.2, 0.25) is 5.02 Å². The van der Waals surface area contributed by atoms with E-state index < -0.39 is 42.0 Å². The van der Waals surface area contributed by atoms with Gasteiger partial charge >= 0.3 is 0 Å². The minimum Gasteiger partial charge on any atom is -0.351 e. The molecule has 0 bridgehead atoms. The fourth-order valence-electron chi connectivity index (χ4n) is 4.72. The number of benzene rings is 1. The zero-order chi connectivity index (χ0) is 25.2. The Balaban J connectivity index is 1.72. The number of carbonyl (C=O) groups excluding carboxylic acids is 3. The van der Waals surface area contributed by atoms with Crippen molar-refractivity contribution in [2.24, 2.45) is 0 Å². The summed E-state index contributed by atoms with van der Waals surface area (Å²) < 4.78 is 41.6. The SMILES string of the molecule is O=C1CCC(C(=O)N(C2=C[C@H](F)CC=C2)C(C(=O)NC2CCC(F)(F)CC2)c2ccccc2Cl)N1. The maximum atomic E-state index is 14.4. The average molecular weight is 510 g/mol. The smallest absolute Gasteiger partial charge is 0.250 e. The molecule has 188 valence electrons. The van der Waals surface area contributed by atoms with Gasteiger partial charge in [-0.25, -0.2) is 13.2 Å². The van der Waals surface area contributed by atoms with Crippen molar-refractivity contribution in [2.75, 3.05) is 0 Å². The molecule has 1 aliphatic heterocycles. The minimum atomic E-state index is -2.76. The lowest BCUT2D eigenvalue weighted by Crippen LogP contribution is -2.51. The zero-order valence-corrected chi connectivity index (χ0v) is 19.7. The van der Waals surface area contributed by atoms with E-state index in [1.807, 2.05) is 0 Å². The number of hydrogen-bond donors (Lipinski definition) is 2. The van der Waals surface area contributed by atoms with E-state index in [1.165, 1.54) is 11.0 Å². The van der Waals surface area contributed by atoms with Crippen LogP contribution in [0.25, 0.3) is 0 Å². The molecule has 10 heteroatoms. The van der Waals surface area contributed by atoms with Crippen molar-refractivity contribution in [3.8, 4) is 0 Å². The molecule has 3 aliphatic rings. The molecule has 1 saturated heterocycles. The van der Waals surface area contributed by atoms with Crippen LogP contribution in [-0.2, 0) is 14.4 Å². The summed E-state index contributed by atoms with van der Waals surface area (Å²) in [7, 11) is 0. The van der Waals surface area contributed by atoms with Crippen LogP contribution in [0.3, 0.4) is 0 Å². The molecule has 2 fully saturated rings. The summed E-state index contributed by atoms with van der Waals surface area (Å²) >= 11 is 6.44. The van der Waals surface area contributed by atoms with Crippen molar-refractivity contribution in [2.45, 2.75) is 75.2 Å². The second-order valence-corrected chi connectivity index (χ2v) is 9.58. The minimum absolute atomic E-state index is 0.0930. The maximum Gasteiger partial charge on any atom is 0.250 e. The highest BCUT2D eigenvalue weighted by Crippen LogP contribution is 2.36. The van der Waals surface area contributed by atoms with Crippen LogP contribution >= 0.6 is 11.6 Å². The number of alkyl halides is 3. The molecule has 1 heterocycles. The van der Waals surface area contributed by atoms with Crippen molar-refractivity contribution in [1.82, 2.24) is 15.5 Å². The Labute approximate surface area is 206 Å². The fourth-order valence-corrected chi connectivity index (χ4v) is 4.96. The summed E-state index contributed by atoms with van der Waals surface area (Å²) in [5, 5.41) is 5.64. The molecule has 4 rings (SSSR count). The van der Waals surface area contributed by atoms with Gasteiger partial charge in [0.2, 0.25) is 17.7 Å². The van der Waals surface area contributed by atoms with Crippen LogP contribution in [0.5, 0.6) is 0 Å². The summed E-state index contributed by atoms with van der Waals surface area (Å²) in [4.78, 5) is 40.4. The first-order chi connectivity index (χ1) is 16.6. The molecule has 35 heavy (non-hydrogen) atoms. The first-order valence-electron chi connectivity index (χ1n) is 11.7. The highest BCUT2D eigenvalue weighted by molar-refractivity contribution is 6.31. The van der Waals surface area contributed by atoms with Gasteiger partial charge in [0.1, 0.15) is 18.3 Å². The van der Waals surface area contributed by atoms with Crippen LogP contribution in [0.4, 0.5) is 13.2 Å². The van der Waals surface area contributed by atoms with Crippen LogP contribution in [0, 0.1) is 0 Å². The standard InChI is InChI=1S/C25H27ClF3N3O3/c26-19-7-2-1-6-18(19)22(23(34)30-16-10-12-25(28,29)13-11-16)32(17-5-3-4-15(27)14-17)24(35)20-8-9-21(33)31-20/h1-3,5-7,14-16,20,22H,4,8-13H2,(H,30,34)(H,31,33)/t15-,20?,22?/m1/s1. The average Bonchev–Trinajstić information content (AvgIpc) is 3.25. The fraction of sp³-hybridized carbons (Fsp3) is 0.480. The second-order valence-electron chi connectivity index (χ2n) is 9.18. The maximum absolute atomic E-state index is 14.4. The highest BCUT2D eigenvalue weighted by Gasteiger charge is 2.42. The Kier molecular flexibility index (Phi) is 7.54. The molecule has 1 aromatic carbocycles. The number of nitrogens with zero attached hydrogens (tertiary/aromatic N) is 1. The van der Waals surface area contributed by atoms with E-state index in [0.29, 0.717) is 5.56 Å². The number of amides is 3. The second kappa shape index (κ2) is 10.4. The van der Waals surface area contributed by atoms with Crippen molar-refractivity contribution >= 4 is 29.3 Å². The van der Waals surface area contributed by atoms with Gasteiger partial charge in [-0.1, -0.05) is 35.9 Å². The topological polar surface area (TPSA) is 78.5 Å². The van der Waals surface area contributed by atoms with Gasteiger partial charge < -0.3 is 10.6 Å². The van der Waals surface area contributed by atoms with Gasteiger partial charge in [-0.3, -0.25) is 19.3 Å². The third-order valence-electron chi connectivity index (χ3n) is 6.58. The molecular formula is C25H27ClF3N3O3. The van der Waals surface area contributed by atoms with Crippen LogP contribution in [-0.4, -0.2) is 46.8 Å². The normalized spacial score (nSPS) is 24.9. The van der Waals surface area contributed by atoms with E-state index in [1.54, 1.807) is 36.4 Å². The predicted molar refractivity (Wildman–Crippen MR) is 124 cm³/mol. The molecule has 3 amide bonds. The van der Waals surface area contributed by atoms with E-state index >= 15 is 0 Å². The van der Waals surface area contributed by atoms with E-state index in [9.17, 15) is 27.6 Å². The first-order valence-corrected chi connectivity index (χ1v) is 12.1. The number of halogens is 4. The quantitative estimate of drug-likeness (QED) is 0.598. The molecule has 0 aromatic heterocycles. The van der Waals surface area contributed by atoms with Gasteiger partial charge in [0, 0.05) is 48.0 Å². The third-order valence-corrected chi connectivity index (χ3v) is 6.92. The van der Waals surface area contributed by atoms with Gasteiger partial charge in [-0.2, -0.15) is 0 Å². The van der Waals surface area contributed by atoms with E-state index in [4.69, 9.17) is 11.6 Å². The van der Waals surface area contributed by atoms with Crippen LogP contribution in [0.15, 0.2) is 48.2 Å². The van der Waals surface area contributed by atoms with Crippen molar-refractivity contribution in [1.29, 1.82) is 0 Å². The van der Waals surface area contributed by atoms with Gasteiger partial charge in [0.25, 0.3) is 5.91 Å². The Bertz CT molecular complexity index is 1050. The summed E-state index contributed by atoms with van der Waals surface area (Å²) in [5.74, 6) is -4.24. The van der Waals surface area contributed by atoms with Gasteiger partial charge in [0.05, 0.1) is 0 Å². The van der Waals surface area contributed by atoms with E-state index in [0.717, 1.165) is 0 Å². The number of allylic oxidation sites excluding steroid dienone is 3. The largest absolute Gasteiger partial charge is 0.351 e. The van der Waals surface area contributed by atoms with Crippen LogP contribution < -0.4 is 10.6 Å². The predicted octanol–water partition coefficient (Wildman–Crippen LogP) is 4.36. The van der Waals surface area contributed by atoms with Gasteiger partial charge in [0.15, 0.2) is 0 Å². The Morgan fingerprint density at radius 3 is 2.51 bits per heavy atom. The molecule has 0 radical (unpaired) electrons. The lowest BCUT2D eigenvalue weighted by molar-refractivity contribution is -0.140. The lowest BCUT2D eigenvalue weighted by atomic mass is 9.91. The first kappa shape index (κ1) is 25.3. The Hall–Kier alpha value is -2.81. The third kappa shape index (κ3) is 5.89. The van der Waals surface area contributed by atoms with Crippen molar-refractivity contribution < 1.29 is 27.6 Å². The van der Waals surface area contributed by atoms with E-state index in [2.05, 4.69) is 10.6 Å². The summed E-state index contributed by atoms with van der Waals surface area (Å²) in [6, 6.07) is 3.81. The summed E-state index contributed by atoms with van der Waals surface area (Å²) in [6.07, 6.45) is 3.04. The lowest BCUT2D eigenvalue weighted by Gasteiger charge is -2.37. The molecule has 2 unspecified atom stereocenters. The Morgan fingerprint density at radius 1 is 1.17 bits per heavy atom. The van der Waals surface area contributed by atoms with Gasteiger partial charge in [-0.05, 0) is 37.5 Å².